The van der Waals surface area contributed by atoms with Crippen molar-refractivity contribution in [3.8, 4) is 5.75 Å². The maximum absolute atomic E-state index is 14.0. The van der Waals surface area contributed by atoms with Gasteiger partial charge in [-0.05, 0) is 83.5 Å². The molecule has 5 fully saturated rings. The van der Waals surface area contributed by atoms with Crippen LogP contribution in [0, 0.1) is 52.4 Å². The molecular formula is C31H38F4N2O6. The summed E-state index contributed by atoms with van der Waals surface area (Å²) in [5.41, 5.74) is -1.16. The number of nitrogens with one attached hydrogen (secondary N) is 1. The van der Waals surface area contributed by atoms with Crippen molar-refractivity contribution in [2.24, 2.45) is 29.1 Å². The second kappa shape index (κ2) is 11.7. The fourth-order valence-corrected chi connectivity index (χ4v) is 7.76. The number of hydrogen-bond acceptors (Lipinski definition) is 6. The monoisotopic (exact) mass is 610 g/mol. The molecule has 1 aromatic rings. The standard InChI is InChI=1S/C31H38F4N2O6/c1-30(2,3)43-24(39)11-22(23(38)15-42-27-25(34)20(32)10-21(33)26(27)35)36-28(40)17-4-6-37(7-5-17)29(41)31-12-16-8-18(13-31)19(9-16)14-31/h10,16-19,22H,4-9,11-15H2,1-3H3,(H,36,40)/t16?,18?,19?,22-,31?/m0/s1. The maximum Gasteiger partial charge on any atom is 0.308 e. The van der Waals surface area contributed by atoms with Crippen LogP contribution in [0.4, 0.5) is 17.6 Å². The number of likely N-dealkylation sites (tertiary alicyclic amines) is 1. The summed E-state index contributed by atoms with van der Waals surface area (Å²) in [4.78, 5) is 54.2. The number of ketones is 1. The molecule has 4 saturated carbocycles. The minimum Gasteiger partial charge on any atom is -0.479 e. The van der Waals surface area contributed by atoms with E-state index in [-0.39, 0.29) is 17.4 Å². The van der Waals surface area contributed by atoms with E-state index in [9.17, 15) is 36.7 Å². The lowest BCUT2D eigenvalue weighted by Gasteiger charge is -2.42. The van der Waals surface area contributed by atoms with Gasteiger partial charge in [-0.3, -0.25) is 19.2 Å². The fraction of sp³-hybridized carbons (Fsp3) is 0.677. The molecule has 8 nitrogen and oxygen atoms in total. The fourth-order valence-electron chi connectivity index (χ4n) is 7.76. The van der Waals surface area contributed by atoms with Crippen LogP contribution in [0.5, 0.6) is 5.75 Å². The van der Waals surface area contributed by atoms with Crippen LogP contribution >= 0.6 is 0 Å². The first-order valence-electron chi connectivity index (χ1n) is 15.0. The molecule has 0 spiro atoms. The van der Waals surface area contributed by atoms with Gasteiger partial charge in [0.1, 0.15) is 18.2 Å². The van der Waals surface area contributed by atoms with Crippen LogP contribution in [0.15, 0.2) is 6.07 Å². The summed E-state index contributed by atoms with van der Waals surface area (Å²) in [6, 6.07) is -1.49. The molecule has 5 aliphatic rings. The van der Waals surface area contributed by atoms with Crippen LogP contribution in [0.3, 0.4) is 0 Å². The largest absolute Gasteiger partial charge is 0.479 e. The smallest absolute Gasteiger partial charge is 0.308 e. The number of benzene rings is 1. The normalized spacial score (nSPS) is 27.2. The summed E-state index contributed by atoms with van der Waals surface area (Å²) >= 11 is 0. The Morgan fingerprint density at radius 1 is 0.977 bits per heavy atom. The van der Waals surface area contributed by atoms with Gasteiger partial charge >= 0.3 is 5.97 Å². The highest BCUT2D eigenvalue weighted by Crippen LogP contribution is 2.64. The molecular weight excluding hydrogens is 572 g/mol. The average Bonchev–Trinajstić information content (AvgIpc) is 3.36. The molecule has 12 heteroatoms. The number of halogens is 4. The summed E-state index contributed by atoms with van der Waals surface area (Å²) in [6.07, 6.45) is 5.47. The first-order chi connectivity index (χ1) is 20.2. The van der Waals surface area contributed by atoms with Gasteiger partial charge in [0.05, 0.1) is 11.8 Å². The van der Waals surface area contributed by atoms with E-state index in [0.29, 0.717) is 43.7 Å². The number of Topliss-reactive ketones (excluding diaryl/α,β-unsaturated/α-hetero) is 1. The third-order valence-electron chi connectivity index (χ3n) is 9.46. The Labute approximate surface area is 247 Å². The van der Waals surface area contributed by atoms with Crippen molar-refractivity contribution in [3.05, 3.63) is 29.3 Å². The number of ether oxygens (including phenoxy) is 2. The van der Waals surface area contributed by atoms with E-state index in [2.05, 4.69) is 5.32 Å². The van der Waals surface area contributed by atoms with Gasteiger partial charge in [0, 0.05) is 25.1 Å². The van der Waals surface area contributed by atoms with E-state index < -0.39 is 77.3 Å². The Balaban J connectivity index is 1.20. The van der Waals surface area contributed by atoms with Gasteiger partial charge < -0.3 is 19.7 Å². The molecule has 6 rings (SSSR count). The Morgan fingerprint density at radius 3 is 2.09 bits per heavy atom. The lowest BCUT2D eigenvalue weighted by Crippen LogP contribution is -2.52. The lowest BCUT2D eigenvalue weighted by atomic mass is 9.68. The minimum absolute atomic E-state index is 0.00544. The van der Waals surface area contributed by atoms with Crippen molar-refractivity contribution in [1.29, 1.82) is 0 Å². The molecule has 4 bridgehead atoms. The van der Waals surface area contributed by atoms with Crippen molar-refractivity contribution in [2.75, 3.05) is 19.7 Å². The van der Waals surface area contributed by atoms with Crippen molar-refractivity contribution in [1.82, 2.24) is 10.2 Å². The van der Waals surface area contributed by atoms with Gasteiger partial charge in [0.25, 0.3) is 0 Å². The topological polar surface area (TPSA) is 102 Å². The van der Waals surface area contributed by atoms with Gasteiger partial charge in [-0.25, -0.2) is 8.78 Å². The van der Waals surface area contributed by atoms with Crippen LogP contribution < -0.4 is 10.1 Å². The molecule has 236 valence electrons. The summed E-state index contributed by atoms with van der Waals surface area (Å²) in [5.74, 6) is -9.19. The van der Waals surface area contributed by atoms with E-state index in [1.54, 1.807) is 20.8 Å². The first kappa shape index (κ1) is 31.3. The molecule has 4 aliphatic carbocycles. The molecule has 2 unspecified atom stereocenters. The summed E-state index contributed by atoms with van der Waals surface area (Å²) in [5, 5.41) is 2.53. The first-order valence-corrected chi connectivity index (χ1v) is 15.0. The van der Waals surface area contributed by atoms with Gasteiger partial charge in [-0.2, -0.15) is 8.78 Å². The lowest BCUT2D eigenvalue weighted by molar-refractivity contribution is -0.156. The molecule has 1 heterocycles. The molecule has 1 N–H and O–H groups in total. The Morgan fingerprint density at radius 2 is 1.56 bits per heavy atom. The van der Waals surface area contributed by atoms with Gasteiger partial charge in [0.15, 0.2) is 23.2 Å². The minimum atomic E-state index is -1.82. The molecule has 1 aromatic carbocycles. The highest BCUT2D eigenvalue weighted by Gasteiger charge is 2.60. The Bertz CT molecular complexity index is 1260. The number of hydrogen-bond donors (Lipinski definition) is 1. The molecule has 3 atom stereocenters. The second-order valence-electron chi connectivity index (χ2n) is 13.7. The molecule has 2 amide bonds. The van der Waals surface area contributed by atoms with Crippen molar-refractivity contribution in [3.63, 3.8) is 0 Å². The molecule has 43 heavy (non-hydrogen) atoms. The molecule has 1 saturated heterocycles. The number of rotatable bonds is 9. The molecule has 1 aliphatic heterocycles. The Kier molecular flexibility index (Phi) is 8.52. The third-order valence-corrected chi connectivity index (χ3v) is 9.46. The van der Waals surface area contributed by atoms with Gasteiger partial charge in [-0.1, -0.05) is 0 Å². The van der Waals surface area contributed by atoms with E-state index in [1.165, 1.54) is 12.8 Å². The van der Waals surface area contributed by atoms with Crippen molar-refractivity contribution >= 4 is 23.6 Å². The van der Waals surface area contributed by atoms with E-state index >= 15 is 0 Å². The number of carbonyl (C=O) groups excluding carboxylic acids is 4. The third kappa shape index (κ3) is 6.52. The maximum atomic E-state index is 14.0. The van der Waals surface area contributed by atoms with Gasteiger partial charge in [0.2, 0.25) is 23.4 Å². The summed E-state index contributed by atoms with van der Waals surface area (Å²) in [7, 11) is 0. The summed E-state index contributed by atoms with van der Waals surface area (Å²) < 4.78 is 65.2. The summed E-state index contributed by atoms with van der Waals surface area (Å²) in [6.45, 7) is 4.56. The molecule has 0 aromatic heterocycles. The predicted molar refractivity (Wildman–Crippen MR) is 144 cm³/mol. The zero-order valence-electron chi connectivity index (χ0n) is 24.7. The van der Waals surface area contributed by atoms with Crippen LogP contribution in [-0.2, 0) is 23.9 Å². The van der Waals surface area contributed by atoms with E-state index in [0.717, 1.165) is 19.3 Å². The highest BCUT2D eigenvalue weighted by atomic mass is 19.2. The highest BCUT2D eigenvalue weighted by molar-refractivity contribution is 5.93. The SMILES string of the molecule is CC(C)(C)OC(=O)C[C@H](NC(=O)C1CCN(C(=O)C23CC4CC(C2)C(C4)C3)CC1)C(=O)COc1c(F)c(F)cc(F)c1F. The van der Waals surface area contributed by atoms with Crippen molar-refractivity contribution < 1.29 is 46.2 Å². The van der Waals surface area contributed by atoms with Crippen LogP contribution in [0.25, 0.3) is 0 Å². The van der Waals surface area contributed by atoms with Crippen LogP contribution in [-0.4, -0.2) is 59.8 Å². The number of amides is 2. The van der Waals surface area contributed by atoms with Crippen LogP contribution in [0.1, 0.15) is 72.1 Å². The number of nitrogens with zero attached hydrogens (tertiary/aromatic N) is 1. The molecule has 0 radical (unpaired) electrons. The van der Waals surface area contributed by atoms with E-state index in [1.807, 2.05) is 4.90 Å². The number of esters is 1. The predicted octanol–water partition coefficient (Wildman–Crippen LogP) is 4.47. The zero-order valence-corrected chi connectivity index (χ0v) is 24.7. The van der Waals surface area contributed by atoms with Gasteiger partial charge in [-0.15, -0.1) is 0 Å². The zero-order chi connectivity index (χ0) is 31.3. The quantitative estimate of drug-likeness (QED) is 0.252. The number of carbonyl (C=O) groups is 4. The second-order valence-corrected chi connectivity index (χ2v) is 13.7. The Hall–Kier alpha value is -3.18. The van der Waals surface area contributed by atoms with Crippen molar-refractivity contribution in [2.45, 2.75) is 83.8 Å². The van der Waals surface area contributed by atoms with E-state index in [4.69, 9.17) is 9.47 Å². The average molecular weight is 611 g/mol. The number of piperidine rings is 1. The van der Waals surface area contributed by atoms with Crippen LogP contribution in [0.2, 0.25) is 0 Å².